The monoisotopic (exact) mass is 1070 g/mol. The fourth-order valence-corrected chi connectivity index (χ4v) is 10.7. The van der Waals surface area contributed by atoms with E-state index in [4.69, 9.17) is 4.74 Å². The summed E-state index contributed by atoms with van der Waals surface area (Å²) in [4.78, 5) is 24.6. The van der Waals surface area contributed by atoms with E-state index in [1.165, 1.54) is 289 Å². The van der Waals surface area contributed by atoms with Gasteiger partial charge in [-0.05, 0) is 83.5 Å². The van der Waals surface area contributed by atoms with Gasteiger partial charge >= 0.3 is 5.97 Å². The standard InChI is InChI=1S/C70H133NO5/c1-3-5-7-9-11-13-15-17-18-19-34-37-40-44-48-52-56-60-64-70(75)76-65-61-57-53-49-45-41-38-35-32-30-28-26-24-22-20-21-23-25-27-29-31-33-36-39-43-47-51-55-59-63-69(74)71-67(66-72)68(73)62-58-54-50-46-42-16-14-12-10-8-6-4-2/h13,15,18-20,22,67-68,72-73H,3-12,14,16-17,21,23-66H2,1-2H3,(H,71,74)/b15-13-,19-18-,22-20-. The average molecular weight is 1070 g/mol. The molecule has 0 aromatic carbocycles. The summed E-state index contributed by atoms with van der Waals surface area (Å²) in [6.07, 6.45) is 83.3. The van der Waals surface area contributed by atoms with Crippen molar-refractivity contribution in [1.82, 2.24) is 5.32 Å². The predicted octanol–water partition coefficient (Wildman–Crippen LogP) is 21.9. The molecular weight excluding hydrogens is 935 g/mol. The molecule has 448 valence electrons. The van der Waals surface area contributed by atoms with Gasteiger partial charge in [0.1, 0.15) is 0 Å². The molecule has 0 aromatic heterocycles. The molecule has 0 aliphatic carbocycles. The van der Waals surface area contributed by atoms with Crippen molar-refractivity contribution in [3.8, 4) is 0 Å². The van der Waals surface area contributed by atoms with Crippen LogP contribution in [0.25, 0.3) is 0 Å². The van der Waals surface area contributed by atoms with Crippen molar-refractivity contribution >= 4 is 11.9 Å². The van der Waals surface area contributed by atoms with Crippen molar-refractivity contribution in [1.29, 1.82) is 0 Å². The van der Waals surface area contributed by atoms with Gasteiger partial charge in [-0.15, -0.1) is 0 Å². The fourth-order valence-electron chi connectivity index (χ4n) is 10.7. The minimum Gasteiger partial charge on any atom is -0.466 e. The number of carbonyl (C=O) groups is 2. The first-order chi connectivity index (χ1) is 37.5. The maximum absolute atomic E-state index is 12.5. The number of aliphatic hydroxyl groups excluding tert-OH is 2. The van der Waals surface area contributed by atoms with Crippen LogP contribution in [0.15, 0.2) is 36.5 Å². The summed E-state index contributed by atoms with van der Waals surface area (Å²) in [6.45, 7) is 4.95. The minimum atomic E-state index is -0.663. The number of rotatable bonds is 64. The number of carbonyl (C=O) groups excluding carboxylic acids is 2. The van der Waals surface area contributed by atoms with Crippen LogP contribution in [-0.4, -0.2) is 47.4 Å². The van der Waals surface area contributed by atoms with E-state index < -0.39 is 12.1 Å². The van der Waals surface area contributed by atoms with Crippen molar-refractivity contribution in [3.63, 3.8) is 0 Å². The summed E-state index contributed by atoms with van der Waals surface area (Å²) in [5.41, 5.74) is 0. The van der Waals surface area contributed by atoms with Gasteiger partial charge in [0.15, 0.2) is 0 Å². The van der Waals surface area contributed by atoms with Gasteiger partial charge in [0, 0.05) is 12.8 Å². The molecule has 1 amide bonds. The fraction of sp³-hybridized carbons (Fsp3) is 0.886. The quantitative estimate of drug-likeness (QED) is 0.0320. The molecule has 2 unspecified atom stereocenters. The van der Waals surface area contributed by atoms with E-state index in [1.807, 2.05) is 0 Å². The summed E-state index contributed by atoms with van der Waals surface area (Å²) in [5, 5.41) is 23.2. The minimum absolute atomic E-state index is 0.00940. The molecule has 2 atom stereocenters. The lowest BCUT2D eigenvalue weighted by Crippen LogP contribution is -2.45. The van der Waals surface area contributed by atoms with E-state index in [0.717, 1.165) is 51.4 Å². The summed E-state index contributed by atoms with van der Waals surface area (Å²) in [6, 6.07) is -0.540. The van der Waals surface area contributed by atoms with Crippen LogP contribution in [0.2, 0.25) is 0 Å². The first-order valence-corrected chi connectivity index (χ1v) is 34.2. The molecule has 0 saturated carbocycles. The number of amides is 1. The molecule has 0 radical (unpaired) electrons. The molecule has 76 heavy (non-hydrogen) atoms. The molecule has 0 rings (SSSR count). The van der Waals surface area contributed by atoms with Crippen LogP contribution in [-0.2, 0) is 14.3 Å². The highest BCUT2D eigenvalue weighted by Gasteiger charge is 2.20. The highest BCUT2D eigenvalue weighted by atomic mass is 16.5. The van der Waals surface area contributed by atoms with Crippen LogP contribution >= 0.6 is 0 Å². The third kappa shape index (κ3) is 61.3. The van der Waals surface area contributed by atoms with Gasteiger partial charge in [-0.25, -0.2) is 0 Å². The molecule has 0 aliphatic heterocycles. The van der Waals surface area contributed by atoms with E-state index in [2.05, 4.69) is 55.6 Å². The van der Waals surface area contributed by atoms with Gasteiger partial charge in [0.25, 0.3) is 0 Å². The van der Waals surface area contributed by atoms with Crippen LogP contribution in [0.3, 0.4) is 0 Å². The molecule has 0 saturated heterocycles. The Balaban J connectivity index is 3.35. The highest BCUT2D eigenvalue weighted by molar-refractivity contribution is 5.76. The van der Waals surface area contributed by atoms with E-state index in [0.29, 0.717) is 25.9 Å². The number of aliphatic hydroxyl groups is 2. The lowest BCUT2D eigenvalue weighted by molar-refractivity contribution is -0.143. The number of unbranched alkanes of at least 4 members (excludes halogenated alkanes) is 47. The Bertz CT molecular complexity index is 1230. The number of hydrogen-bond donors (Lipinski definition) is 3. The van der Waals surface area contributed by atoms with Crippen molar-refractivity contribution in [2.45, 2.75) is 386 Å². The van der Waals surface area contributed by atoms with Crippen LogP contribution < -0.4 is 5.32 Å². The van der Waals surface area contributed by atoms with E-state index in [1.54, 1.807) is 0 Å². The zero-order valence-electron chi connectivity index (χ0n) is 51.3. The zero-order valence-corrected chi connectivity index (χ0v) is 51.3. The maximum Gasteiger partial charge on any atom is 0.305 e. The topological polar surface area (TPSA) is 95.9 Å². The molecule has 6 heteroatoms. The molecule has 0 spiro atoms. The molecule has 0 aliphatic rings. The Morgan fingerprint density at radius 3 is 1.03 bits per heavy atom. The first kappa shape index (κ1) is 74.1. The van der Waals surface area contributed by atoms with E-state index in [-0.39, 0.29) is 18.5 Å². The number of allylic oxidation sites excluding steroid dienone is 6. The second-order valence-electron chi connectivity index (χ2n) is 23.5. The van der Waals surface area contributed by atoms with Gasteiger partial charge < -0.3 is 20.3 Å². The molecule has 0 fully saturated rings. The van der Waals surface area contributed by atoms with E-state index >= 15 is 0 Å². The first-order valence-electron chi connectivity index (χ1n) is 34.2. The van der Waals surface area contributed by atoms with Gasteiger partial charge in [0.05, 0.1) is 25.4 Å². The zero-order chi connectivity index (χ0) is 55.0. The number of hydrogen-bond acceptors (Lipinski definition) is 5. The van der Waals surface area contributed by atoms with Crippen LogP contribution in [0.4, 0.5) is 0 Å². The van der Waals surface area contributed by atoms with Crippen molar-refractivity contribution < 1.29 is 24.5 Å². The molecule has 0 aromatic rings. The molecule has 0 heterocycles. The van der Waals surface area contributed by atoms with Crippen LogP contribution in [0.1, 0.15) is 373 Å². The second kappa shape index (κ2) is 65.6. The normalized spacial score (nSPS) is 12.7. The SMILES string of the molecule is CCCCCC/C=C\C/C=C\CCCCCCCCCC(=O)OCCCCCCCCCCCCCC/C=C\CCCCCCCCCCCCCCCC(=O)NC(CO)C(O)CCCCCCCCCCCCCC. The molecule has 0 bridgehead atoms. The number of nitrogens with one attached hydrogen (secondary N) is 1. The molecule has 6 nitrogen and oxygen atoms in total. The Kier molecular flexibility index (Phi) is 63.9. The summed E-state index contributed by atoms with van der Waals surface area (Å²) in [7, 11) is 0. The molecule has 3 N–H and O–H groups in total. The van der Waals surface area contributed by atoms with Gasteiger partial charge in [-0.1, -0.05) is 314 Å². The number of ether oxygens (including phenoxy) is 1. The Hall–Kier alpha value is -1.92. The Labute approximate surface area is 474 Å². The van der Waals surface area contributed by atoms with Crippen LogP contribution in [0.5, 0.6) is 0 Å². The Morgan fingerprint density at radius 2 is 0.658 bits per heavy atom. The summed E-state index contributed by atoms with van der Waals surface area (Å²) < 4.78 is 5.50. The lowest BCUT2D eigenvalue weighted by atomic mass is 10.0. The van der Waals surface area contributed by atoms with E-state index in [9.17, 15) is 19.8 Å². The highest BCUT2D eigenvalue weighted by Crippen LogP contribution is 2.18. The van der Waals surface area contributed by atoms with Gasteiger partial charge in [-0.2, -0.15) is 0 Å². The van der Waals surface area contributed by atoms with Crippen LogP contribution in [0, 0.1) is 0 Å². The van der Waals surface area contributed by atoms with Crippen molar-refractivity contribution in [3.05, 3.63) is 36.5 Å². The maximum atomic E-state index is 12.5. The second-order valence-corrected chi connectivity index (χ2v) is 23.5. The van der Waals surface area contributed by atoms with Crippen molar-refractivity contribution in [2.75, 3.05) is 13.2 Å². The largest absolute Gasteiger partial charge is 0.466 e. The summed E-state index contributed by atoms with van der Waals surface area (Å²) in [5.74, 6) is -0.0239. The smallest absolute Gasteiger partial charge is 0.305 e. The third-order valence-corrected chi connectivity index (χ3v) is 15.9. The van der Waals surface area contributed by atoms with Crippen molar-refractivity contribution in [2.24, 2.45) is 0 Å². The van der Waals surface area contributed by atoms with Gasteiger partial charge in [0.2, 0.25) is 5.91 Å². The molecular formula is C70H133NO5. The third-order valence-electron chi connectivity index (χ3n) is 15.9. The summed E-state index contributed by atoms with van der Waals surface area (Å²) >= 11 is 0. The Morgan fingerprint density at radius 1 is 0.368 bits per heavy atom. The number of esters is 1. The van der Waals surface area contributed by atoms with Gasteiger partial charge in [-0.3, -0.25) is 9.59 Å². The lowest BCUT2D eigenvalue weighted by Gasteiger charge is -2.22. The predicted molar refractivity (Wildman–Crippen MR) is 333 cm³/mol. The average Bonchev–Trinajstić information content (AvgIpc) is 3.42.